The van der Waals surface area contributed by atoms with Gasteiger partial charge in [-0.05, 0) is 29.8 Å². The van der Waals surface area contributed by atoms with Crippen molar-refractivity contribution in [3.63, 3.8) is 0 Å². The van der Waals surface area contributed by atoms with Gasteiger partial charge in [0.05, 0.1) is 4.91 Å². The molecule has 0 bridgehead atoms. The fraction of sp³-hybridized carbons (Fsp3) is 0.105. The number of anilines is 1. The number of carbonyl (C=O) groups is 2. The maximum Gasteiger partial charge on any atom is 0.266 e. The molecule has 0 atom stereocenters. The van der Waals surface area contributed by atoms with E-state index in [1.165, 1.54) is 16.7 Å². The number of amides is 2. The summed E-state index contributed by atoms with van der Waals surface area (Å²) in [6.45, 7) is 0.239. The van der Waals surface area contributed by atoms with E-state index in [9.17, 15) is 9.59 Å². The molecule has 1 heterocycles. The first-order chi connectivity index (χ1) is 12.5. The number of hydrogen-bond donors (Lipinski definition) is 1. The van der Waals surface area contributed by atoms with Crippen molar-refractivity contribution in [3.8, 4) is 0 Å². The molecule has 4 nitrogen and oxygen atoms in total. The molecule has 0 unspecified atom stereocenters. The van der Waals surface area contributed by atoms with Gasteiger partial charge in [-0.25, -0.2) is 0 Å². The van der Waals surface area contributed by atoms with Crippen LogP contribution >= 0.6 is 35.6 Å². The molecule has 1 aliphatic rings. The topological polar surface area (TPSA) is 49.4 Å². The Hall–Kier alpha value is -2.15. The first kappa shape index (κ1) is 18.6. The van der Waals surface area contributed by atoms with Gasteiger partial charge in [-0.1, -0.05) is 72.0 Å². The number of thiocarbonyl (C=S) groups is 1. The fourth-order valence-electron chi connectivity index (χ4n) is 2.38. The highest BCUT2D eigenvalue weighted by molar-refractivity contribution is 8.26. The summed E-state index contributed by atoms with van der Waals surface area (Å²) in [6, 6.07) is 16.5. The molecule has 0 radical (unpaired) electrons. The molecule has 2 aromatic rings. The quantitative estimate of drug-likeness (QED) is 0.588. The van der Waals surface area contributed by atoms with Gasteiger partial charge in [-0.2, -0.15) is 0 Å². The van der Waals surface area contributed by atoms with Crippen molar-refractivity contribution in [2.24, 2.45) is 0 Å². The average molecular weight is 403 g/mol. The lowest BCUT2D eigenvalue weighted by molar-refractivity contribution is -0.122. The predicted octanol–water partition coefficient (Wildman–Crippen LogP) is 4.57. The Balaban J connectivity index is 1.62. The van der Waals surface area contributed by atoms with Gasteiger partial charge in [0.15, 0.2) is 0 Å². The fourth-order valence-corrected chi connectivity index (χ4v) is 3.87. The van der Waals surface area contributed by atoms with Gasteiger partial charge < -0.3 is 5.32 Å². The molecule has 2 amide bonds. The summed E-state index contributed by atoms with van der Waals surface area (Å²) in [5.74, 6) is -0.368. The monoisotopic (exact) mass is 402 g/mol. The van der Waals surface area contributed by atoms with Crippen LogP contribution in [0.15, 0.2) is 59.5 Å². The summed E-state index contributed by atoms with van der Waals surface area (Å²) in [5.41, 5.74) is 1.48. The second-order valence-electron chi connectivity index (χ2n) is 5.52. The van der Waals surface area contributed by atoms with Crippen molar-refractivity contribution in [2.45, 2.75) is 6.42 Å². The van der Waals surface area contributed by atoms with E-state index in [1.807, 2.05) is 48.5 Å². The first-order valence-corrected chi connectivity index (χ1v) is 9.49. The number of nitrogens with zero attached hydrogens (tertiary/aromatic N) is 1. The van der Waals surface area contributed by atoms with Gasteiger partial charge in [0, 0.05) is 23.7 Å². The molecular weight excluding hydrogens is 388 g/mol. The molecule has 1 fully saturated rings. The molecule has 1 aliphatic heterocycles. The van der Waals surface area contributed by atoms with Crippen molar-refractivity contribution in [1.29, 1.82) is 0 Å². The normalized spacial score (nSPS) is 15.6. The van der Waals surface area contributed by atoms with Gasteiger partial charge in [0.2, 0.25) is 5.91 Å². The van der Waals surface area contributed by atoms with Crippen LogP contribution in [0.4, 0.5) is 5.69 Å². The third-order valence-corrected chi connectivity index (χ3v) is 5.41. The van der Waals surface area contributed by atoms with Crippen LogP contribution in [0.2, 0.25) is 5.02 Å². The zero-order valence-electron chi connectivity index (χ0n) is 13.6. The molecule has 3 rings (SSSR count). The number of para-hydroxylation sites is 1. The van der Waals surface area contributed by atoms with E-state index in [1.54, 1.807) is 12.1 Å². The van der Waals surface area contributed by atoms with Crippen molar-refractivity contribution in [2.75, 3.05) is 11.9 Å². The summed E-state index contributed by atoms with van der Waals surface area (Å²) in [7, 11) is 0. The van der Waals surface area contributed by atoms with E-state index in [4.69, 9.17) is 23.8 Å². The second kappa shape index (κ2) is 8.49. The number of rotatable bonds is 5. The maximum absolute atomic E-state index is 12.6. The van der Waals surface area contributed by atoms with Crippen molar-refractivity contribution >= 4 is 63.5 Å². The minimum atomic E-state index is -0.201. The van der Waals surface area contributed by atoms with Crippen LogP contribution in [0.5, 0.6) is 0 Å². The SMILES string of the molecule is O=C(CCN1C(=O)C(=Cc2ccccc2Cl)SC1=S)Nc1ccccc1. The zero-order valence-corrected chi connectivity index (χ0v) is 16.0. The number of halogens is 1. The first-order valence-electron chi connectivity index (χ1n) is 7.89. The van der Waals surface area contributed by atoms with E-state index < -0.39 is 0 Å². The lowest BCUT2D eigenvalue weighted by Crippen LogP contribution is -2.31. The van der Waals surface area contributed by atoms with Crippen LogP contribution in [-0.4, -0.2) is 27.6 Å². The van der Waals surface area contributed by atoms with Crippen LogP contribution in [0.25, 0.3) is 6.08 Å². The molecule has 1 N–H and O–H groups in total. The Morgan fingerprint density at radius 1 is 1.15 bits per heavy atom. The molecule has 1 saturated heterocycles. The molecule has 0 aromatic heterocycles. The Morgan fingerprint density at radius 2 is 1.85 bits per heavy atom. The van der Waals surface area contributed by atoms with Crippen molar-refractivity contribution in [1.82, 2.24) is 4.90 Å². The van der Waals surface area contributed by atoms with Crippen LogP contribution in [0.3, 0.4) is 0 Å². The summed E-state index contributed by atoms with van der Waals surface area (Å²) < 4.78 is 0.445. The number of hydrogen-bond acceptors (Lipinski definition) is 4. The van der Waals surface area contributed by atoms with Crippen molar-refractivity contribution < 1.29 is 9.59 Å². The van der Waals surface area contributed by atoms with E-state index in [0.29, 0.717) is 14.2 Å². The molecule has 0 spiro atoms. The highest BCUT2D eigenvalue weighted by Gasteiger charge is 2.32. The number of thioether (sulfide) groups is 1. The summed E-state index contributed by atoms with van der Waals surface area (Å²) >= 11 is 12.6. The lowest BCUT2D eigenvalue weighted by Gasteiger charge is -2.14. The minimum Gasteiger partial charge on any atom is -0.326 e. The molecule has 132 valence electrons. The Kier molecular flexibility index (Phi) is 6.08. The number of benzene rings is 2. The molecule has 26 heavy (non-hydrogen) atoms. The zero-order chi connectivity index (χ0) is 18.5. The Labute approximate surface area is 166 Å². The molecule has 0 aliphatic carbocycles. The minimum absolute atomic E-state index is 0.166. The molecular formula is C19H15ClN2O2S2. The van der Waals surface area contributed by atoms with E-state index in [2.05, 4.69) is 5.32 Å². The summed E-state index contributed by atoms with van der Waals surface area (Å²) in [6.07, 6.45) is 1.90. The smallest absolute Gasteiger partial charge is 0.266 e. The Bertz CT molecular complexity index is 884. The lowest BCUT2D eigenvalue weighted by atomic mass is 10.2. The highest BCUT2D eigenvalue weighted by atomic mass is 35.5. The van der Waals surface area contributed by atoms with E-state index in [-0.39, 0.29) is 24.8 Å². The van der Waals surface area contributed by atoms with Gasteiger partial charge in [0.25, 0.3) is 5.91 Å². The molecule has 2 aromatic carbocycles. The summed E-state index contributed by atoms with van der Waals surface area (Å²) in [5, 5.41) is 3.36. The number of nitrogens with one attached hydrogen (secondary N) is 1. The van der Waals surface area contributed by atoms with Crippen LogP contribution in [-0.2, 0) is 9.59 Å². The highest BCUT2D eigenvalue weighted by Crippen LogP contribution is 2.33. The van der Waals surface area contributed by atoms with Gasteiger partial charge >= 0.3 is 0 Å². The third kappa shape index (κ3) is 4.52. The van der Waals surface area contributed by atoms with Crippen LogP contribution in [0.1, 0.15) is 12.0 Å². The molecule has 0 saturated carbocycles. The maximum atomic E-state index is 12.6. The average Bonchev–Trinajstić information content (AvgIpc) is 2.89. The number of carbonyl (C=O) groups excluding carboxylic acids is 2. The van der Waals surface area contributed by atoms with Gasteiger partial charge in [-0.15, -0.1) is 0 Å². The van der Waals surface area contributed by atoms with Gasteiger partial charge in [-0.3, -0.25) is 14.5 Å². The third-order valence-electron chi connectivity index (χ3n) is 3.69. The Morgan fingerprint density at radius 3 is 2.58 bits per heavy atom. The summed E-state index contributed by atoms with van der Waals surface area (Å²) in [4.78, 5) is 26.6. The predicted molar refractivity (Wildman–Crippen MR) is 111 cm³/mol. The van der Waals surface area contributed by atoms with E-state index in [0.717, 1.165) is 11.3 Å². The van der Waals surface area contributed by atoms with Crippen molar-refractivity contribution in [3.05, 3.63) is 70.1 Å². The molecule has 7 heteroatoms. The largest absolute Gasteiger partial charge is 0.326 e. The van der Waals surface area contributed by atoms with Crippen LogP contribution in [0, 0.1) is 0 Å². The van der Waals surface area contributed by atoms with Crippen LogP contribution < -0.4 is 5.32 Å². The van der Waals surface area contributed by atoms with Gasteiger partial charge in [0.1, 0.15) is 4.32 Å². The van der Waals surface area contributed by atoms with E-state index >= 15 is 0 Å². The second-order valence-corrected chi connectivity index (χ2v) is 7.60. The standard InChI is InChI=1S/C19H15ClN2O2S2/c20-15-9-5-4-6-13(15)12-16-18(24)22(19(25)26-16)11-10-17(23)21-14-7-2-1-3-8-14/h1-9,12H,10-11H2,(H,21,23).